The zero-order chi connectivity index (χ0) is 15.1. The number of aliphatic carboxylic acids is 1. The molecule has 0 heterocycles. The zero-order valence-corrected chi connectivity index (χ0v) is 11.4. The van der Waals surface area contributed by atoms with Crippen molar-refractivity contribution >= 4 is 23.8 Å². The highest BCUT2D eigenvalue weighted by Gasteiger charge is 2.27. The van der Waals surface area contributed by atoms with Crippen LogP contribution in [0, 0.1) is 5.92 Å². The molecule has 0 aromatic rings. The van der Waals surface area contributed by atoms with E-state index in [1.807, 2.05) is 0 Å². The molecule has 0 aromatic heterocycles. The number of thioether (sulfide) groups is 1. The third-order valence-electron chi connectivity index (χ3n) is 1.96. The zero-order valence-electron chi connectivity index (χ0n) is 10.6. The summed E-state index contributed by atoms with van der Waals surface area (Å²) >= 11 is -0.247. The maximum atomic E-state index is 11.8. The second kappa shape index (κ2) is 8.13. The average molecular weight is 302 g/mol. The maximum Gasteiger partial charge on any atom is 0.441 e. The Morgan fingerprint density at radius 2 is 1.89 bits per heavy atom. The lowest BCUT2D eigenvalue weighted by Gasteiger charge is -2.16. The molecule has 3 N–H and O–H groups in total. The maximum absolute atomic E-state index is 11.8. The standard InChI is InChI=1S/C10H17F3N2O3S/c1-6(2)5-7(8(16)17)15-9(18)14-3-4-19-10(11,12)13/h6-7H,3-5H2,1-2H3,(H,16,17)(H2,14,15,18)/t7-/m1/s1. The minimum atomic E-state index is -4.33. The van der Waals surface area contributed by atoms with Crippen LogP contribution in [-0.2, 0) is 4.79 Å². The van der Waals surface area contributed by atoms with Crippen LogP contribution in [0.1, 0.15) is 20.3 Å². The van der Waals surface area contributed by atoms with Crippen LogP contribution in [0.15, 0.2) is 0 Å². The molecule has 2 amide bonds. The summed E-state index contributed by atoms with van der Waals surface area (Å²) in [5, 5.41) is 13.2. The van der Waals surface area contributed by atoms with Crippen LogP contribution in [0.4, 0.5) is 18.0 Å². The Bertz CT molecular complexity index is 311. The van der Waals surface area contributed by atoms with Gasteiger partial charge in [0.25, 0.3) is 0 Å². The Kier molecular flexibility index (Phi) is 7.65. The number of urea groups is 1. The van der Waals surface area contributed by atoms with Crippen molar-refractivity contribution in [3.05, 3.63) is 0 Å². The van der Waals surface area contributed by atoms with Crippen molar-refractivity contribution in [3.8, 4) is 0 Å². The van der Waals surface area contributed by atoms with Crippen LogP contribution in [0.2, 0.25) is 0 Å². The van der Waals surface area contributed by atoms with Gasteiger partial charge in [-0.25, -0.2) is 9.59 Å². The van der Waals surface area contributed by atoms with Crippen LogP contribution >= 0.6 is 11.8 Å². The number of nitrogens with one attached hydrogen (secondary N) is 2. The van der Waals surface area contributed by atoms with Crippen molar-refractivity contribution in [2.24, 2.45) is 5.92 Å². The summed E-state index contributed by atoms with van der Waals surface area (Å²) in [6.45, 7) is 3.41. The molecule has 0 aromatic carbocycles. The van der Waals surface area contributed by atoms with Gasteiger partial charge in [0.15, 0.2) is 0 Å². The van der Waals surface area contributed by atoms with E-state index in [0.29, 0.717) is 0 Å². The number of hydrogen-bond donors (Lipinski definition) is 3. The first-order chi connectivity index (χ1) is 8.61. The molecule has 0 saturated heterocycles. The minimum absolute atomic E-state index is 0.0715. The number of amides is 2. The number of alkyl halides is 3. The second-order valence-corrected chi connectivity index (χ2v) is 5.37. The van der Waals surface area contributed by atoms with E-state index in [1.54, 1.807) is 13.8 Å². The van der Waals surface area contributed by atoms with Gasteiger partial charge in [0, 0.05) is 12.3 Å². The molecule has 19 heavy (non-hydrogen) atoms. The van der Waals surface area contributed by atoms with E-state index < -0.39 is 23.6 Å². The molecule has 0 spiro atoms. The first kappa shape index (κ1) is 17.9. The van der Waals surface area contributed by atoms with Crippen molar-refractivity contribution in [3.63, 3.8) is 0 Å². The average Bonchev–Trinajstić information content (AvgIpc) is 2.21. The first-order valence-corrected chi connectivity index (χ1v) is 6.58. The van der Waals surface area contributed by atoms with Crippen LogP contribution < -0.4 is 10.6 Å². The number of carboxylic acids is 1. The highest BCUT2D eigenvalue weighted by Crippen LogP contribution is 2.29. The number of carboxylic acid groups (broad SMARTS) is 1. The molecule has 5 nitrogen and oxygen atoms in total. The van der Waals surface area contributed by atoms with Gasteiger partial charge in [0.05, 0.1) is 0 Å². The van der Waals surface area contributed by atoms with Crippen molar-refractivity contribution in [2.45, 2.75) is 31.8 Å². The lowest BCUT2D eigenvalue weighted by atomic mass is 10.0. The molecule has 0 rings (SSSR count). The van der Waals surface area contributed by atoms with E-state index in [2.05, 4.69) is 10.6 Å². The van der Waals surface area contributed by atoms with E-state index in [9.17, 15) is 22.8 Å². The fourth-order valence-electron chi connectivity index (χ4n) is 1.23. The van der Waals surface area contributed by atoms with Crippen molar-refractivity contribution in [2.75, 3.05) is 12.3 Å². The molecule has 1 atom stereocenters. The molecule has 0 radical (unpaired) electrons. The number of rotatable bonds is 7. The van der Waals surface area contributed by atoms with E-state index in [-0.39, 0.29) is 36.4 Å². The second-order valence-electron chi connectivity index (χ2n) is 4.21. The molecular formula is C10H17F3N2O3S. The molecule has 0 aliphatic carbocycles. The van der Waals surface area contributed by atoms with Gasteiger partial charge in [-0.1, -0.05) is 13.8 Å². The van der Waals surface area contributed by atoms with Gasteiger partial charge in [-0.3, -0.25) is 0 Å². The van der Waals surface area contributed by atoms with Gasteiger partial charge in [0.2, 0.25) is 0 Å². The quantitative estimate of drug-likeness (QED) is 0.629. The highest BCUT2D eigenvalue weighted by molar-refractivity contribution is 8.00. The normalized spacial score (nSPS) is 13.2. The molecule has 9 heteroatoms. The van der Waals surface area contributed by atoms with E-state index in [1.165, 1.54) is 0 Å². The van der Waals surface area contributed by atoms with Gasteiger partial charge in [-0.15, -0.1) is 0 Å². The third-order valence-corrected chi connectivity index (χ3v) is 2.70. The van der Waals surface area contributed by atoms with Crippen LogP contribution in [-0.4, -0.2) is 41.0 Å². The highest BCUT2D eigenvalue weighted by atomic mass is 32.2. The molecule has 0 aliphatic rings. The summed E-state index contributed by atoms with van der Waals surface area (Å²) < 4.78 is 35.4. The van der Waals surface area contributed by atoms with Gasteiger partial charge in [-0.05, 0) is 24.1 Å². The Balaban J connectivity index is 3.97. The monoisotopic (exact) mass is 302 g/mol. The van der Waals surface area contributed by atoms with Crippen molar-refractivity contribution < 1.29 is 27.9 Å². The van der Waals surface area contributed by atoms with Gasteiger partial charge in [-0.2, -0.15) is 13.2 Å². The fraction of sp³-hybridized carbons (Fsp3) is 0.800. The number of halogens is 3. The summed E-state index contributed by atoms with van der Waals surface area (Å²) in [5.41, 5.74) is -4.33. The first-order valence-electron chi connectivity index (χ1n) is 5.59. The van der Waals surface area contributed by atoms with Gasteiger partial charge >= 0.3 is 17.5 Å². The Hall–Kier alpha value is -1.12. The molecule has 0 unspecified atom stereocenters. The Morgan fingerprint density at radius 3 is 2.32 bits per heavy atom. The fourth-order valence-corrected chi connectivity index (χ4v) is 1.67. The molecule has 0 saturated carbocycles. The van der Waals surface area contributed by atoms with Crippen molar-refractivity contribution in [1.82, 2.24) is 10.6 Å². The summed E-state index contributed by atoms with van der Waals surface area (Å²) in [5.74, 6) is -1.42. The topological polar surface area (TPSA) is 78.4 Å². The SMILES string of the molecule is CC(C)C[C@@H](NC(=O)NCCSC(F)(F)F)C(=O)O. The summed E-state index contributed by atoms with van der Waals surface area (Å²) in [7, 11) is 0. The molecular weight excluding hydrogens is 285 g/mol. The molecule has 0 aliphatic heterocycles. The van der Waals surface area contributed by atoms with Crippen LogP contribution in [0.3, 0.4) is 0 Å². The van der Waals surface area contributed by atoms with Crippen LogP contribution in [0.5, 0.6) is 0 Å². The lowest BCUT2D eigenvalue weighted by Crippen LogP contribution is -2.47. The number of carbonyl (C=O) groups is 2. The van der Waals surface area contributed by atoms with Gasteiger partial charge in [0.1, 0.15) is 6.04 Å². The Morgan fingerprint density at radius 1 is 1.32 bits per heavy atom. The number of carbonyl (C=O) groups excluding carboxylic acids is 1. The minimum Gasteiger partial charge on any atom is -0.480 e. The van der Waals surface area contributed by atoms with Gasteiger partial charge < -0.3 is 15.7 Å². The largest absolute Gasteiger partial charge is 0.480 e. The lowest BCUT2D eigenvalue weighted by molar-refractivity contribution is -0.139. The third kappa shape index (κ3) is 10.5. The summed E-state index contributed by atoms with van der Waals surface area (Å²) in [6, 6.07) is -1.83. The van der Waals surface area contributed by atoms with E-state index >= 15 is 0 Å². The predicted molar refractivity (Wildman–Crippen MR) is 65.9 cm³/mol. The molecule has 0 bridgehead atoms. The van der Waals surface area contributed by atoms with Crippen molar-refractivity contribution in [1.29, 1.82) is 0 Å². The number of hydrogen-bond acceptors (Lipinski definition) is 3. The molecule has 112 valence electrons. The predicted octanol–water partition coefficient (Wildman–Crippen LogP) is 2.04. The Labute approximate surface area is 113 Å². The van der Waals surface area contributed by atoms with Crippen LogP contribution in [0.25, 0.3) is 0 Å². The van der Waals surface area contributed by atoms with E-state index in [4.69, 9.17) is 5.11 Å². The molecule has 0 fully saturated rings. The van der Waals surface area contributed by atoms with E-state index in [0.717, 1.165) is 0 Å². The smallest absolute Gasteiger partial charge is 0.441 e. The summed E-state index contributed by atoms with van der Waals surface area (Å²) in [6.07, 6.45) is 0.250. The summed E-state index contributed by atoms with van der Waals surface area (Å²) in [4.78, 5) is 22.1.